The monoisotopic (exact) mass is 296 g/mol. The number of amides is 2. The van der Waals surface area contributed by atoms with E-state index in [0.717, 1.165) is 0 Å². The summed E-state index contributed by atoms with van der Waals surface area (Å²) in [5, 5.41) is 5.63. The van der Waals surface area contributed by atoms with Gasteiger partial charge < -0.3 is 16.4 Å². The van der Waals surface area contributed by atoms with Crippen molar-refractivity contribution in [2.24, 2.45) is 0 Å². The number of anilines is 3. The van der Waals surface area contributed by atoms with Gasteiger partial charge >= 0.3 is 6.03 Å². The number of benzene rings is 1. The van der Waals surface area contributed by atoms with E-state index in [4.69, 9.17) is 28.9 Å². The highest BCUT2D eigenvalue weighted by Gasteiger charge is 2.05. The van der Waals surface area contributed by atoms with Gasteiger partial charge in [0.2, 0.25) is 0 Å². The molecule has 0 aliphatic rings. The molecule has 1 aromatic heterocycles. The Kier molecular flexibility index (Phi) is 4.09. The van der Waals surface area contributed by atoms with Crippen LogP contribution in [0.25, 0.3) is 0 Å². The number of urea groups is 1. The zero-order valence-electron chi connectivity index (χ0n) is 9.65. The lowest BCUT2D eigenvalue weighted by Gasteiger charge is -2.08. The van der Waals surface area contributed by atoms with Gasteiger partial charge in [0.25, 0.3) is 0 Å². The third-order valence-corrected chi connectivity index (χ3v) is 2.55. The first-order valence-electron chi connectivity index (χ1n) is 5.29. The van der Waals surface area contributed by atoms with Gasteiger partial charge in [0.05, 0.1) is 0 Å². The number of rotatable bonds is 2. The van der Waals surface area contributed by atoms with E-state index >= 15 is 0 Å². The summed E-state index contributed by atoms with van der Waals surface area (Å²) in [5.41, 5.74) is 7.21. The summed E-state index contributed by atoms with van der Waals surface area (Å²) in [5.74, 6) is 0. The molecule has 0 unspecified atom stereocenters. The maximum atomic E-state index is 11.7. The van der Waals surface area contributed by atoms with Crippen LogP contribution >= 0.6 is 23.2 Å². The quantitative estimate of drug-likeness (QED) is 0.585. The van der Waals surface area contributed by atoms with Gasteiger partial charge in [-0.3, -0.25) is 0 Å². The molecule has 0 saturated carbocycles. The zero-order chi connectivity index (χ0) is 13.8. The van der Waals surface area contributed by atoms with Crippen LogP contribution in [0.15, 0.2) is 36.4 Å². The predicted molar refractivity (Wildman–Crippen MR) is 77.8 cm³/mol. The Morgan fingerprint density at radius 1 is 1.05 bits per heavy atom. The van der Waals surface area contributed by atoms with E-state index in [1.165, 1.54) is 12.1 Å². The van der Waals surface area contributed by atoms with Crippen LogP contribution in [-0.2, 0) is 0 Å². The van der Waals surface area contributed by atoms with E-state index < -0.39 is 6.03 Å². The van der Waals surface area contributed by atoms with Crippen LogP contribution < -0.4 is 16.4 Å². The number of nitrogens with two attached hydrogens (primary N) is 1. The van der Waals surface area contributed by atoms with Gasteiger partial charge in [-0.25, -0.2) is 9.78 Å². The number of carbonyl (C=O) groups is 1. The molecule has 0 aliphatic carbocycles. The Balaban J connectivity index is 2.05. The number of nitrogens with one attached hydrogen (secondary N) is 2. The van der Waals surface area contributed by atoms with E-state index in [-0.39, 0.29) is 10.3 Å². The molecule has 1 aromatic carbocycles. The number of nitrogens with zero attached hydrogens (tertiary/aromatic N) is 1. The van der Waals surface area contributed by atoms with Crippen molar-refractivity contribution in [2.45, 2.75) is 0 Å². The highest BCUT2D eigenvalue weighted by Crippen LogP contribution is 2.19. The maximum Gasteiger partial charge on any atom is 0.323 e. The summed E-state index contributed by atoms with van der Waals surface area (Å²) in [6, 6.07) is 9.40. The summed E-state index contributed by atoms with van der Waals surface area (Å²) < 4.78 is 0. The lowest BCUT2D eigenvalue weighted by Crippen LogP contribution is -2.19. The second kappa shape index (κ2) is 5.77. The van der Waals surface area contributed by atoms with Gasteiger partial charge in [-0.1, -0.05) is 29.3 Å². The molecule has 19 heavy (non-hydrogen) atoms. The lowest BCUT2D eigenvalue weighted by molar-refractivity contribution is 0.262. The van der Waals surface area contributed by atoms with Crippen molar-refractivity contribution in [3.63, 3.8) is 0 Å². The lowest BCUT2D eigenvalue weighted by atomic mass is 10.3. The van der Waals surface area contributed by atoms with Gasteiger partial charge in [-0.2, -0.15) is 0 Å². The molecule has 0 bridgehead atoms. The van der Waals surface area contributed by atoms with Crippen LogP contribution in [0.2, 0.25) is 10.3 Å². The fourth-order valence-electron chi connectivity index (χ4n) is 1.45. The molecule has 98 valence electrons. The normalized spacial score (nSPS) is 10.0. The van der Waals surface area contributed by atoms with Gasteiger partial charge in [0.15, 0.2) is 0 Å². The average molecular weight is 297 g/mol. The molecule has 0 aliphatic heterocycles. The molecule has 2 amide bonds. The molecule has 0 radical (unpaired) electrons. The Morgan fingerprint density at radius 3 is 2.32 bits per heavy atom. The van der Waals surface area contributed by atoms with E-state index in [0.29, 0.717) is 17.1 Å². The summed E-state index contributed by atoms with van der Waals surface area (Å²) in [6.45, 7) is 0. The van der Waals surface area contributed by atoms with Crippen LogP contribution in [0.4, 0.5) is 21.9 Å². The molecule has 0 fully saturated rings. The Bertz CT molecular complexity index is 598. The van der Waals surface area contributed by atoms with E-state index in [2.05, 4.69) is 15.6 Å². The molecule has 0 atom stereocenters. The zero-order valence-corrected chi connectivity index (χ0v) is 11.2. The fourth-order valence-corrected chi connectivity index (χ4v) is 1.91. The first kappa shape index (κ1) is 13.5. The number of pyridine rings is 1. The first-order valence-corrected chi connectivity index (χ1v) is 6.05. The van der Waals surface area contributed by atoms with Crippen molar-refractivity contribution in [1.82, 2.24) is 4.98 Å². The second-order valence-electron chi connectivity index (χ2n) is 3.71. The molecule has 2 aromatic rings. The third kappa shape index (κ3) is 4.01. The number of aromatic nitrogens is 1. The molecule has 5 nitrogen and oxygen atoms in total. The Morgan fingerprint density at radius 2 is 1.68 bits per heavy atom. The topological polar surface area (TPSA) is 80.0 Å². The smallest absolute Gasteiger partial charge is 0.323 e. The van der Waals surface area contributed by atoms with E-state index in [9.17, 15) is 4.79 Å². The molecule has 4 N–H and O–H groups in total. The van der Waals surface area contributed by atoms with Crippen LogP contribution in [0.1, 0.15) is 0 Å². The summed E-state index contributed by atoms with van der Waals surface area (Å²) in [7, 11) is 0. The van der Waals surface area contributed by atoms with Crippen molar-refractivity contribution >= 4 is 46.3 Å². The van der Waals surface area contributed by atoms with Gasteiger partial charge in [-0.05, 0) is 30.3 Å². The predicted octanol–water partition coefficient (Wildman–Crippen LogP) is 3.61. The second-order valence-corrected chi connectivity index (χ2v) is 4.48. The van der Waals surface area contributed by atoms with Crippen LogP contribution in [0.5, 0.6) is 0 Å². The third-order valence-electron chi connectivity index (χ3n) is 2.17. The molecule has 1 heterocycles. The van der Waals surface area contributed by atoms with Gasteiger partial charge in [-0.15, -0.1) is 0 Å². The largest absolute Gasteiger partial charge is 0.399 e. The highest BCUT2D eigenvalue weighted by atomic mass is 35.5. The van der Waals surface area contributed by atoms with E-state index in [1.54, 1.807) is 24.3 Å². The van der Waals surface area contributed by atoms with Crippen LogP contribution in [0.3, 0.4) is 0 Å². The minimum atomic E-state index is -0.427. The SMILES string of the molecule is Nc1cccc(NC(=O)Nc2cc(Cl)nc(Cl)c2)c1. The first-order chi connectivity index (χ1) is 9.02. The van der Waals surface area contributed by atoms with Gasteiger partial charge in [0.1, 0.15) is 10.3 Å². The minimum Gasteiger partial charge on any atom is -0.399 e. The summed E-state index contributed by atoms with van der Waals surface area (Å²) >= 11 is 11.5. The molecular weight excluding hydrogens is 287 g/mol. The van der Waals surface area contributed by atoms with Crippen molar-refractivity contribution in [2.75, 3.05) is 16.4 Å². The van der Waals surface area contributed by atoms with Crippen molar-refractivity contribution in [1.29, 1.82) is 0 Å². The number of hydrogen-bond acceptors (Lipinski definition) is 3. The summed E-state index contributed by atoms with van der Waals surface area (Å²) in [6.07, 6.45) is 0. The number of nitrogen functional groups attached to an aromatic ring is 1. The number of hydrogen-bond donors (Lipinski definition) is 3. The fraction of sp³-hybridized carbons (Fsp3) is 0. The van der Waals surface area contributed by atoms with Gasteiger partial charge in [0, 0.05) is 17.1 Å². The van der Waals surface area contributed by atoms with E-state index in [1.807, 2.05) is 0 Å². The Labute approximate surface area is 119 Å². The average Bonchev–Trinajstić information content (AvgIpc) is 2.26. The molecule has 0 saturated heterocycles. The molecular formula is C12H10Cl2N4O. The van der Waals surface area contributed by atoms with Crippen LogP contribution in [0, 0.1) is 0 Å². The molecule has 7 heteroatoms. The van der Waals surface area contributed by atoms with Crippen molar-refractivity contribution in [3.8, 4) is 0 Å². The minimum absolute atomic E-state index is 0.201. The molecule has 2 rings (SSSR count). The maximum absolute atomic E-state index is 11.7. The highest BCUT2D eigenvalue weighted by molar-refractivity contribution is 6.33. The molecule has 0 spiro atoms. The number of carbonyl (C=O) groups excluding carboxylic acids is 1. The van der Waals surface area contributed by atoms with Crippen molar-refractivity contribution < 1.29 is 4.79 Å². The number of halogens is 2. The van der Waals surface area contributed by atoms with Crippen molar-refractivity contribution in [3.05, 3.63) is 46.7 Å². The summed E-state index contributed by atoms with van der Waals surface area (Å²) in [4.78, 5) is 15.5. The standard InChI is InChI=1S/C12H10Cl2N4O/c13-10-5-9(6-11(14)18-10)17-12(19)16-8-3-1-2-7(15)4-8/h1-6H,15H2,(H2,16,17,18,19). The van der Waals surface area contributed by atoms with Crippen LogP contribution in [-0.4, -0.2) is 11.0 Å². The Hall–Kier alpha value is -1.98.